The molecule has 0 unspecified atom stereocenters. The van der Waals surface area contributed by atoms with Crippen molar-refractivity contribution in [1.29, 1.82) is 0 Å². The summed E-state index contributed by atoms with van der Waals surface area (Å²) in [5, 5.41) is 5.27. The Hall–Kier alpha value is -2.60. The van der Waals surface area contributed by atoms with E-state index in [9.17, 15) is 4.79 Å². The zero-order valence-corrected chi connectivity index (χ0v) is 13.9. The van der Waals surface area contributed by atoms with Crippen LogP contribution in [-0.2, 0) is 0 Å². The lowest BCUT2D eigenvalue weighted by atomic mass is 10.0. The van der Waals surface area contributed by atoms with E-state index in [2.05, 4.69) is 20.3 Å². The second kappa shape index (κ2) is 6.26. The number of rotatable bonds is 3. The van der Waals surface area contributed by atoms with E-state index >= 15 is 0 Å². The van der Waals surface area contributed by atoms with Crippen molar-refractivity contribution >= 4 is 22.4 Å². The Labute approximate surface area is 138 Å². The molecular weight excluding hydrogens is 308 g/mol. The Morgan fingerprint density at radius 1 is 1.17 bits per heavy atom. The minimum absolute atomic E-state index is 0.262. The van der Waals surface area contributed by atoms with E-state index in [1.54, 1.807) is 24.4 Å². The summed E-state index contributed by atoms with van der Waals surface area (Å²) in [5.74, 6) is -0.262. The molecule has 0 saturated heterocycles. The van der Waals surface area contributed by atoms with E-state index in [4.69, 9.17) is 0 Å². The van der Waals surface area contributed by atoms with Crippen LogP contribution in [0.5, 0.6) is 0 Å². The maximum atomic E-state index is 12.1. The number of carbonyl (C=O) groups is 1. The molecular formula is C17H16N4OS. The van der Waals surface area contributed by atoms with Crippen molar-refractivity contribution in [3.05, 3.63) is 58.5 Å². The lowest BCUT2D eigenvalue weighted by molar-refractivity contribution is 0.102. The van der Waals surface area contributed by atoms with Crippen molar-refractivity contribution < 1.29 is 4.79 Å². The number of nitrogens with one attached hydrogen (secondary N) is 1. The summed E-state index contributed by atoms with van der Waals surface area (Å²) >= 11 is 1.39. The van der Waals surface area contributed by atoms with Gasteiger partial charge in [-0.05, 0) is 44.5 Å². The Morgan fingerprint density at radius 3 is 2.70 bits per heavy atom. The standard InChI is InChI=1S/C17H16N4OS/c1-10-8-11(2)19-12(3)15(10)14-9-23-17(20-14)21-16(22)13-6-4-5-7-18-13/h4-9H,1-3H3,(H,20,21,22). The first-order valence-corrected chi connectivity index (χ1v) is 8.05. The molecule has 0 aliphatic carbocycles. The quantitative estimate of drug-likeness (QED) is 0.796. The summed E-state index contributed by atoms with van der Waals surface area (Å²) in [4.78, 5) is 25.2. The van der Waals surface area contributed by atoms with Gasteiger partial charge < -0.3 is 0 Å². The van der Waals surface area contributed by atoms with Crippen LogP contribution in [0, 0.1) is 20.8 Å². The van der Waals surface area contributed by atoms with E-state index in [1.807, 2.05) is 32.2 Å². The monoisotopic (exact) mass is 324 g/mol. The molecule has 3 rings (SSSR count). The third kappa shape index (κ3) is 3.27. The van der Waals surface area contributed by atoms with Gasteiger partial charge in [0.15, 0.2) is 5.13 Å². The van der Waals surface area contributed by atoms with Crippen LogP contribution in [0.3, 0.4) is 0 Å². The fourth-order valence-electron chi connectivity index (χ4n) is 2.52. The largest absolute Gasteiger partial charge is 0.296 e. The normalized spacial score (nSPS) is 10.6. The van der Waals surface area contributed by atoms with E-state index in [0.29, 0.717) is 10.8 Å². The van der Waals surface area contributed by atoms with Gasteiger partial charge >= 0.3 is 0 Å². The maximum absolute atomic E-state index is 12.1. The summed E-state index contributed by atoms with van der Waals surface area (Å²) in [6.07, 6.45) is 1.59. The first-order chi connectivity index (χ1) is 11.0. The SMILES string of the molecule is Cc1cc(C)c(-c2csc(NC(=O)c3ccccn3)n2)c(C)n1. The van der Waals surface area contributed by atoms with Crippen molar-refractivity contribution in [2.24, 2.45) is 0 Å². The summed E-state index contributed by atoms with van der Waals surface area (Å²) in [5.41, 5.74) is 5.27. The van der Waals surface area contributed by atoms with E-state index in [1.165, 1.54) is 11.3 Å². The van der Waals surface area contributed by atoms with Crippen molar-refractivity contribution in [1.82, 2.24) is 15.0 Å². The molecule has 0 aliphatic heterocycles. The van der Waals surface area contributed by atoms with Crippen molar-refractivity contribution in [2.75, 3.05) is 5.32 Å². The third-order valence-electron chi connectivity index (χ3n) is 3.40. The highest BCUT2D eigenvalue weighted by Gasteiger charge is 2.14. The number of hydrogen-bond donors (Lipinski definition) is 1. The molecule has 0 radical (unpaired) electrons. The summed E-state index contributed by atoms with van der Waals surface area (Å²) in [7, 11) is 0. The molecule has 0 saturated carbocycles. The van der Waals surface area contributed by atoms with Gasteiger partial charge in [-0.1, -0.05) is 6.07 Å². The van der Waals surface area contributed by atoms with Crippen LogP contribution in [0.25, 0.3) is 11.3 Å². The number of anilines is 1. The van der Waals surface area contributed by atoms with E-state index in [-0.39, 0.29) is 5.91 Å². The van der Waals surface area contributed by atoms with E-state index in [0.717, 1.165) is 28.2 Å². The highest BCUT2D eigenvalue weighted by molar-refractivity contribution is 7.14. The Kier molecular flexibility index (Phi) is 4.16. The fraction of sp³-hybridized carbons (Fsp3) is 0.176. The predicted octanol–water partition coefficient (Wildman–Crippen LogP) is 3.78. The Balaban J connectivity index is 1.86. The molecule has 0 atom stereocenters. The van der Waals surface area contributed by atoms with Gasteiger partial charge in [0.2, 0.25) is 0 Å². The molecule has 3 heterocycles. The summed E-state index contributed by atoms with van der Waals surface area (Å²) in [6.45, 7) is 5.99. The third-order valence-corrected chi connectivity index (χ3v) is 4.16. The zero-order chi connectivity index (χ0) is 16.4. The van der Waals surface area contributed by atoms with Gasteiger partial charge in [-0.2, -0.15) is 0 Å². The van der Waals surface area contributed by atoms with Crippen molar-refractivity contribution in [3.8, 4) is 11.3 Å². The van der Waals surface area contributed by atoms with Crippen molar-refractivity contribution in [3.63, 3.8) is 0 Å². The van der Waals surface area contributed by atoms with Gasteiger partial charge in [0.25, 0.3) is 5.91 Å². The number of amides is 1. The summed E-state index contributed by atoms with van der Waals surface area (Å²) in [6, 6.07) is 7.25. The van der Waals surface area contributed by atoms with Gasteiger partial charge in [-0.25, -0.2) is 4.98 Å². The van der Waals surface area contributed by atoms with Crippen molar-refractivity contribution in [2.45, 2.75) is 20.8 Å². The minimum atomic E-state index is -0.262. The molecule has 23 heavy (non-hydrogen) atoms. The number of pyridine rings is 2. The highest BCUT2D eigenvalue weighted by atomic mass is 32.1. The average molecular weight is 324 g/mol. The number of hydrogen-bond acceptors (Lipinski definition) is 5. The number of aromatic nitrogens is 3. The molecule has 0 aliphatic rings. The predicted molar refractivity (Wildman–Crippen MR) is 91.7 cm³/mol. The second-order valence-corrected chi connectivity index (χ2v) is 6.11. The molecule has 0 spiro atoms. The minimum Gasteiger partial charge on any atom is -0.296 e. The second-order valence-electron chi connectivity index (χ2n) is 5.25. The average Bonchev–Trinajstić information content (AvgIpc) is 2.95. The maximum Gasteiger partial charge on any atom is 0.276 e. The van der Waals surface area contributed by atoms with Crippen LogP contribution < -0.4 is 5.32 Å². The van der Waals surface area contributed by atoms with Gasteiger partial charge in [0, 0.05) is 28.5 Å². The lowest BCUT2D eigenvalue weighted by Gasteiger charge is -2.07. The summed E-state index contributed by atoms with van der Waals surface area (Å²) < 4.78 is 0. The van der Waals surface area contributed by atoms with E-state index < -0.39 is 0 Å². The number of carbonyl (C=O) groups excluding carboxylic acids is 1. The highest BCUT2D eigenvalue weighted by Crippen LogP contribution is 2.29. The molecule has 116 valence electrons. The smallest absolute Gasteiger partial charge is 0.276 e. The van der Waals surface area contributed by atoms with Crippen LogP contribution in [0.1, 0.15) is 27.4 Å². The molecule has 0 aromatic carbocycles. The van der Waals surface area contributed by atoms with Gasteiger partial charge in [0.05, 0.1) is 5.69 Å². The molecule has 6 heteroatoms. The molecule has 1 N–H and O–H groups in total. The van der Waals surface area contributed by atoms with Crippen LogP contribution in [0.4, 0.5) is 5.13 Å². The first-order valence-electron chi connectivity index (χ1n) is 7.17. The first kappa shape index (κ1) is 15.3. The van der Waals surface area contributed by atoms with Gasteiger partial charge in [0.1, 0.15) is 5.69 Å². The number of nitrogens with zero attached hydrogens (tertiary/aromatic N) is 3. The molecule has 3 aromatic rings. The molecule has 0 bridgehead atoms. The molecule has 0 fully saturated rings. The Bertz CT molecular complexity index is 835. The zero-order valence-electron chi connectivity index (χ0n) is 13.1. The van der Waals surface area contributed by atoms with Gasteiger partial charge in [-0.3, -0.25) is 20.1 Å². The fourth-order valence-corrected chi connectivity index (χ4v) is 3.21. The molecule has 5 nitrogen and oxygen atoms in total. The number of aryl methyl sites for hydroxylation is 3. The Morgan fingerprint density at radius 2 is 2.00 bits per heavy atom. The lowest BCUT2D eigenvalue weighted by Crippen LogP contribution is -2.13. The topological polar surface area (TPSA) is 67.8 Å². The van der Waals surface area contributed by atoms with Crippen LogP contribution in [0.2, 0.25) is 0 Å². The van der Waals surface area contributed by atoms with Gasteiger partial charge in [-0.15, -0.1) is 11.3 Å². The van der Waals surface area contributed by atoms with Crippen LogP contribution >= 0.6 is 11.3 Å². The van der Waals surface area contributed by atoms with Crippen LogP contribution in [-0.4, -0.2) is 20.9 Å². The van der Waals surface area contributed by atoms with Crippen LogP contribution in [0.15, 0.2) is 35.8 Å². The molecule has 1 amide bonds. The molecule has 3 aromatic heterocycles. The number of thiazole rings is 1.